The average Bonchev–Trinajstić information content (AvgIpc) is 3.28. The number of nitrogens with one attached hydrogen (secondary N) is 1. The Morgan fingerprint density at radius 2 is 2.07 bits per heavy atom. The molecule has 1 amide bonds. The van der Waals surface area contributed by atoms with Crippen LogP contribution < -0.4 is 5.32 Å². The minimum Gasteiger partial charge on any atom is -0.307 e. The summed E-state index contributed by atoms with van der Waals surface area (Å²) >= 11 is 5.87. The van der Waals surface area contributed by atoms with Crippen molar-refractivity contribution in [1.82, 2.24) is 19.6 Å². The van der Waals surface area contributed by atoms with Crippen molar-refractivity contribution < 1.29 is 9.72 Å². The van der Waals surface area contributed by atoms with Crippen LogP contribution in [0.1, 0.15) is 24.9 Å². The summed E-state index contributed by atoms with van der Waals surface area (Å²) in [4.78, 5) is 22.8. The van der Waals surface area contributed by atoms with E-state index in [1.54, 1.807) is 36.0 Å². The number of rotatable bonds is 7. The van der Waals surface area contributed by atoms with Gasteiger partial charge in [-0.15, -0.1) is 0 Å². The molecule has 3 rings (SSSR count). The summed E-state index contributed by atoms with van der Waals surface area (Å²) in [5.41, 5.74) is 0.865. The zero-order chi connectivity index (χ0) is 19.4. The molecule has 0 aliphatic heterocycles. The number of hydrogen-bond acceptors (Lipinski definition) is 5. The number of carbonyl (C=O) groups excluding carboxylic acids is 1. The molecule has 0 bridgehead atoms. The number of hydrogen-bond donors (Lipinski definition) is 1. The quantitative estimate of drug-likeness (QED) is 0.493. The summed E-state index contributed by atoms with van der Waals surface area (Å²) < 4.78 is 2.98. The van der Waals surface area contributed by atoms with Crippen molar-refractivity contribution in [2.45, 2.75) is 25.9 Å². The fourth-order valence-electron chi connectivity index (χ4n) is 2.59. The normalized spacial score (nSPS) is 11.9. The topological polar surface area (TPSA) is 108 Å². The van der Waals surface area contributed by atoms with Gasteiger partial charge in [-0.3, -0.25) is 24.3 Å². The van der Waals surface area contributed by atoms with Crippen LogP contribution in [0.4, 0.5) is 11.5 Å². The van der Waals surface area contributed by atoms with Gasteiger partial charge in [0.2, 0.25) is 5.91 Å². The predicted octanol–water partition coefficient (Wildman–Crippen LogP) is 3.28. The molecular formula is C17H17ClN6O3. The smallest absolute Gasteiger partial charge is 0.307 e. The van der Waals surface area contributed by atoms with Crippen LogP contribution in [0.25, 0.3) is 0 Å². The van der Waals surface area contributed by atoms with E-state index in [9.17, 15) is 14.9 Å². The van der Waals surface area contributed by atoms with E-state index >= 15 is 0 Å². The van der Waals surface area contributed by atoms with E-state index in [1.165, 1.54) is 10.9 Å². The fraction of sp³-hybridized carbons (Fsp3) is 0.235. The standard InChI is InChI=1S/C17H17ClN6O3/c1-2-15(23-11-14(9-19-23)24(26)27)17(25)20-16-7-8-22(21-16)10-12-3-5-13(18)6-4-12/h3-9,11,15H,2,10H2,1H3,(H,20,21,25). The summed E-state index contributed by atoms with van der Waals surface area (Å²) in [5, 5.41) is 22.4. The summed E-state index contributed by atoms with van der Waals surface area (Å²) in [6.45, 7) is 2.34. The first-order chi connectivity index (χ1) is 13.0. The van der Waals surface area contributed by atoms with Gasteiger partial charge < -0.3 is 5.32 Å². The third kappa shape index (κ3) is 4.50. The Labute approximate surface area is 159 Å². The van der Waals surface area contributed by atoms with Crippen LogP contribution in [-0.4, -0.2) is 30.4 Å². The van der Waals surface area contributed by atoms with Crippen molar-refractivity contribution in [3.8, 4) is 0 Å². The molecule has 1 aromatic carbocycles. The van der Waals surface area contributed by atoms with E-state index in [-0.39, 0.29) is 11.6 Å². The van der Waals surface area contributed by atoms with Crippen molar-refractivity contribution in [3.63, 3.8) is 0 Å². The Bertz CT molecular complexity index is 950. The molecular weight excluding hydrogens is 372 g/mol. The minimum atomic E-state index is -0.667. The van der Waals surface area contributed by atoms with Crippen LogP contribution >= 0.6 is 11.6 Å². The molecule has 0 fully saturated rings. The number of nitrogens with zero attached hydrogens (tertiary/aromatic N) is 5. The predicted molar refractivity (Wildman–Crippen MR) is 99.6 cm³/mol. The SMILES string of the molecule is CCC(C(=O)Nc1ccn(Cc2ccc(Cl)cc2)n1)n1cc([N+](=O)[O-])cn1. The first kappa shape index (κ1) is 18.6. The van der Waals surface area contributed by atoms with E-state index in [4.69, 9.17) is 11.6 Å². The molecule has 1 atom stereocenters. The highest BCUT2D eigenvalue weighted by atomic mass is 35.5. The van der Waals surface area contributed by atoms with Crippen molar-refractivity contribution >= 4 is 29.0 Å². The minimum absolute atomic E-state index is 0.159. The Morgan fingerprint density at radius 3 is 2.70 bits per heavy atom. The van der Waals surface area contributed by atoms with Crippen LogP contribution in [0.15, 0.2) is 48.9 Å². The number of carbonyl (C=O) groups is 1. The van der Waals surface area contributed by atoms with Crippen LogP contribution in [0.5, 0.6) is 0 Å². The molecule has 10 heteroatoms. The van der Waals surface area contributed by atoms with E-state index in [1.807, 2.05) is 12.1 Å². The Morgan fingerprint density at radius 1 is 1.33 bits per heavy atom. The lowest BCUT2D eigenvalue weighted by Gasteiger charge is -2.13. The first-order valence-corrected chi connectivity index (χ1v) is 8.61. The van der Waals surface area contributed by atoms with Crippen LogP contribution in [0.3, 0.4) is 0 Å². The highest BCUT2D eigenvalue weighted by Crippen LogP contribution is 2.18. The lowest BCUT2D eigenvalue weighted by atomic mass is 10.2. The molecule has 0 saturated carbocycles. The van der Waals surface area contributed by atoms with Crippen LogP contribution in [0, 0.1) is 10.1 Å². The molecule has 0 spiro atoms. The third-order valence-electron chi connectivity index (χ3n) is 3.96. The molecule has 27 heavy (non-hydrogen) atoms. The zero-order valence-corrected chi connectivity index (χ0v) is 15.2. The number of anilines is 1. The Kier molecular flexibility index (Phi) is 5.51. The van der Waals surface area contributed by atoms with Gasteiger partial charge in [0, 0.05) is 17.3 Å². The van der Waals surface area contributed by atoms with E-state index in [0.717, 1.165) is 11.8 Å². The lowest BCUT2D eigenvalue weighted by molar-refractivity contribution is -0.385. The number of aromatic nitrogens is 4. The molecule has 9 nitrogen and oxygen atoms in total. The second kappa shape index (κ2) is 8.00. The lowest BCUT2D eigenvalue weighted by Crippen LogP contribution is -2.26. The molecule has 0 saturated heterocycles. The van der Waals surface area contributed by atoms with Gasteiger partial charge in [0.1, 0.15) is 18.4 Å². The van der Waals surface area contributed by atoms with E-state index in [2.05, 4.69) is 15.5 Å². The maximum absolute atomic E-state index is 12.5. The number of halogens is 1. The van der Waals surface area contributed by atoms with E-state index in [0.29, 0.717) is 23.8 Å². The van der Waals surface area contributed by atoms with Gasteiger partial charge in [0.15, 0.2) is 5.82 Å². The van der Waals surface area contributed by atoms with Gasteiger partial charge in [-0.1, -0.05) is 30.7 Å². The second-order valence-electron chi connectivity index (χ2n) is 5.87. The van der Waals surface area contributed by atoms with Crippen molar-refractivity contribution in [3.05, 3.63) is 69.6 Å². The second-order valence-corrected chi connectivity index (χ2v) is 6.31. The largest absolute Gasteiger partial charge is 0.307 e. The number of nitro groups is 1. The van der Waals surface area contributed by atoms with Crippen molar-refractivity contribution in [1.29, 1.82) is 0 Å². The summed E-state index contributed by atoms with van der Waals surface area (Å²) in [7, 11) is 0. The molecule has 3 aromatic rings. The average molecular weight is 389 g/mol. The van der Waals surface area contributed by atoms with Gasteiger partial charge in [-0.25, -0.2) is 0 Å². The molecule has 0 aliphatic rings. The molecule has 0 radical (unpaired) electrons. The molecule has 1 N–H and O–H groups in total. The Hall–Kier alpha value is -3.20. The molecule has 140 valence electrons. The Balaban J connectivity index is 1.66. The summed E-state index contributed by atoms with van der Waals surface area (Å²) in [6, 6.07) is 8.43. The summed E-state index contributed by atoms with van der Waals surface area (Å²) in [5.74, 6) is 0.0568. The maximum Gasteiger partial charge on any atom is 0.307 e. The van der Waals surface area contributed by atoms with Crippen LogP contribution in [0.2, 0.25) is 5.02 Å². The first-order valence-electron chi connectivity index (χ1n) is 8.23. The van der Waals surface area contributed by atoms with Gasteiger partial charge in [-0.05, 0) is 24.1 Å². The number of benzene rings is 1. The zero-order valence-electron chi connectivity index (χ0n) is 14.4. The monoisotopic (exact) mass is 388 g/mol. The van der Waals surface area contributed by atoms with Gasteiger partial charge in [-0.2, -0.15) is 10.2 Å². The molecule has 2 aromatic heterocycles. The molecule has 2 heterocycles. The van der Waals surface area contributed by atoms with Crippen molar-refractivity contribution in [2.24, 2.45) is 0 Å². The third-order valence-corrected chi connectivity index (χ3v) is 4.21. The maximum atomic E-state index is 12.5. The van der Waals surface area contributed by atoms with Gasteiger partial charge in [0.05, 0.1) is 11.5 Å². The molecule has 0 aliphatic carbocycles. The summed E-state index contributed by atoms with van der Waals surface area (Å²) in [6.07, 6.45) is 4.55. The highest BCUT2D eigenvalue weighted by Gasteiger charge is 2.22. The van der Waals surface area contributed by atoms with Crippen LogP contribution in [-0.2, 0) is 11.3 Å². The van der Waals surface area contributed by atoms with Gasteiger partial charge in [0.25, 0.3) is 0 Å². The van der Waals surface area contributed by atoms with Gasteiger partial charge >= 0.3 is 5.69 Å². The van der Waals surface area contributed by atoms with Crippen molar-refractivity contribution in [2.75, 3.05) is 5.32 Å². The fourth-order valence-corrected chi connectivity index (χ4v) is 2.71. The number of amides is 1. The molecule has 1 unspecified atom stereocenters. The van der Waals surface area contributed by atoms with E-state index < -0.39 is 11.0 Å². The highest BCUT2D eigenvalue weighted by molar-refractivity contribution is 6.30.